The van der Waals surface area contributed by atoms with E-state index in [2.05, 4.69) is 14.7 Å². The summed E-state index contributed by atoms with van der Waals surface area (Å²) in [5.41, 5.74) is 9.48. The number of aromatic nitrogens is 2. The van der Waals surface area contributed by atoms with E-state index in [0.717, 1.165) is 45.3 Å². The van der Waals surface area contributed by atoms with Crippen LogP contribution in [-0.2, 0) is 36.0 Å². The summed E-state index contributed by atoms with van der Waals surface area (Å²) in [5, 5.41) is 4.66. The minimum absolute atomic E-state index is 0.0895. The number of carbonyl (C=O) groups is 2. The minimum Gasteiger partial charge on any atom is -0.369 e. The maximum atomic E-state index is 12.2. The van der Waals surface area contributed by atoms with Crippen LogP contribution in [0, 0.1) is 5.92 Å². The van der Waals surface area contributed by atoms with Gasteiger partial charge in [-0.15, -0.1) is 0 Å². The van der Waals surface area contributed by atoms with Crippen molar-refractivity contribution in [3.63, 3.8) is 0 Å². The molecule has 0 spiro atoms. The lowest BCUT2D eigenvalue weighted by Gasteiger charge is -2.36. The molecule has 2 N–H and O–H groups in total. The molecule has 0 aromatic carbocycles. The largest absolute Gasteiger partial charge is 0.369 e. The molecule has 25 heavy (non-hydrogen) atoms. The monoisotopic (exact) mass is 345 g/mol. The molecule has 2 saturated heterocycles. The Bertz CT molecular complexity index is 690. The van der Waals surface area contributed by atoms with E-state index in [4.69, 9.17) is 5.73 Å². The molecule has 1 aromatic heterocycles. The third-order valence-corrected chi connectivity index (χ3v) is 6.13. The fourth-order valence-corrected chi connectivity index (χ4v) is 4.66. The minimum atomic E-state index is -0.349. The van der Waals surface area contributed by atoms with Crippen molar-refractivity contribution in [2.45, 2.75) is 51.1 Å². The van der Waals surface area contributed by atoms with Crippen LogP contribution in [0.5, 0.6) is 0 Å². The summed E-state index contributed by atoms with van der Waals surface area (Å²) in [4.78, 5) is 27.9. The van der Waals surface area contributed by atoms with Crippen LogP contribution in [0.25, 0.3) is 0 Å². The molecular weight excluding hydrogens is 318 g/mol. The number of aryl methyl sites for hydroxylation is 2. The molecular formula is C18H27N5O2. The first-order chi connectivity index (χ1) is 12.0. The van der Waals surface area contributed by atoms with E-state index in [1.807, 2.05) is 11.9 Å². The molecule has 1 aromatic rings. The van der Waals surface area contributed by atoms with Gasteiger partial charge < -0.3 is 10.6 Å². The van der Waals surface area contributed by atoms with E-state index < -0.39 is 0 Å². The fraction of sp³-hybridized carbons (Fsp3) is 0.722. The molecule has 7 nitrogen and oxygen atoms in total. The lowest BCUT2D eigenvalue weighted by atomic mass is 10.0. The van der Waals surface area contributed by atoms with Gasteiger partial charge in [0.1, 0.15) is 0 Å². The summed E-state index contributed by atoms with van der Waals surface area (Å²) < 4.78 is 2.05. The van der Waals surface area contributed by atoms with Gasteiger partial charge >= 0.3 is 0 Å². The number of piperidine rings is 1. The number of rotatable bonds is 4. The summed E-state index contributed by atoms with van der Waals surface area (Å²) in [6.45, 7) is 3.42. The molecule has 0 bridgehead atoms. The van der Waals surface area contributed by atoms with Crippen molar-refractivity contribution in [1.29, 1.82) is 0 Å². The Balaban J connectivity index is 1.35. The van der Waals surface area contributed by atoms with Gasteiger partial charge in [-0.25, -0.2) is 0 Å². The van der Waals surface area contributed by atoms with Crippen LogP contribution in [0.2, 0.25) is 0 Å². The molecule has 7 heteroatoms. The predicted molar refractivity (Wildman–Crippen MR) is 92.5 cm³/mol. The van der Waals surface area contributed by atoms with E-state index in [1.165, 1.54) is 23.4 Å². The van der Waals surface area contributed by atoms with Crippen molar-refractivity contribution in [3.05, 3.63) is 17.0 Å². The van der Waals surface area contributed by atoms with Crippen LogP contribution in [-0.4, -0.2) is 57.1 Å². The Labute approximate surface area is 148 Å². The van der Waals surface area contributed by atoms with Gasteiger partial charge in [0.25, 0.3) is 0 Å². The standard InChI is InChI=1S/C18H27N5O2/c1-21-16(14-3-2-4-15(14)20-21)11-22-7-5-13(6-8-22)23-10-12(18(19)25)9-17(23)24/h12-13H,2-11H2,1H3,(H2,19,25). The van der Waals surface area contributed by atoms with Crippen LogP contribution in [0.15, 0.2) is 0 Å². The lowest BCUT2D eigenvalue weighted by molar-refractivity contribution is -0.130. The average molecular weight is 345 g/mol. The van der Waals surface area contributed by atoms with Crippen molar-refractivity contribution in [2.24, 2.45) is 18.7 Å². The summed E-state index contributed by atoms with van der Waals surface area (Å²) in [6.07, 6.45) is 5.73. The Morgan fingerprint density at radius 1 is 1.28 bits per heavy atom. The Kier molecular flexibility index (Phi) is 4.27. The third kappa shape index (κ3) is 3.05. The summed E-state index contributed by atoms with van der Waals surface area (Å²) in [5.74, 6) is -0.562. The maximum absolute atomic E-state index is 12.2. The number of hydrogen-bond donors (Lipinski definition) is 1. The van der Waals surface area contributed by atoms with Gasteiger partial charge in [0.05, 0.1) is 17.3 Å². The molecule has 1 atom stereocenters. The average Bonchev–Trinajstić information content (AvgIpc) is 3.25. The second kappa shape index (κ2) is 6.44. The van der Waals surface area contributed by atoms with E-state index in [0.29, 0.717) is 6.54 Å². The first-order valence-corrected chi connectivity index (χ1v) is 9.37. The summed E-state index contributed by atoms with van der Waals surface area (Å²) in [6, 6.07) is 0.255. The highest BCUT2D eigenvalue weighted by Crippen LogP contribution is 2.28. The number of fused-ring (bicyclic) bond motifs is 1. The van der Waals surface area contributed by atoms with Gasteiger partial charge in [-0.05, 0) is 37.7 Å². The molecule has 1 unspecified atom stereocenters. The molecule has 0 radical (unpaired) electrons. The number of hydrogen-bond acceptors (Lipinski definition) is 4. The number of carbonyl (C=O) groups excluding carboxylic acids is 2. The molecule has 2 fully saturated rings. The van der Waals surface area contributed by atoms with Gasteiger partial charge in [-0.3, -0.25) is 19.2 Å². The lowest BCUT2D eigenvalue weighted by Crippen LogP contribution is -2.45. The first kappa shape index (κ1) is 16.6. The molecule has 136 valence electrons. The Morgan fingerprint density at radius 3 is 2.72 bits per heavy atom. The van der Waals surface area contributed by atoms with E-state index in [1.54, 1.807) is 0 Å². The first-order valence-electron chi connectivity index (χ1n) is 9.37. The van der Waals surface area contributed by atoms with Crippen molar-refractivity contribution in [2.75, 3.05) is 19.6 Å². The Hall–Kier alpha value is -1.89. The van der Waals surface area contributed by atoms with Crippen molar-refractivity contribution in [1.82, 2.24) is 19.6 Å². The fourth-order valence-electron chi connectivity index (χ4n) is 4.66. The Morgan fingerprint density at radius 2 is 2.04 bits per heavy atom. The van der Waals surface area contributed by atoms with Gasteiger partial charge in [0, 0.05) is 45.7 Å². The second-order valence-electron chi connectivity index (χ2n) is 7.71. The maximum Gasteiger partial charge on any atom is 0.223 e. The van der Waals surface area contributed by atoms with Crippen molar-refractivity contribution in [3.8, 4) is 0 Å². The quantitative estimate of drug-likeness (QED) is 0.845. The van der Waals surface area contributed by atoms with Gasteiger partial charge in [-0.1, -0.05) is 0 Å². The molecule has 2 aliphatic heterocycles. The number of likely N-dealkylation sites (tertiary alicyclic amines) is 2. The molecule has 3 heterocycles. The van der Waals surface area contributed by atoms with Crippen LogP contribution in [0.3, 0.4) is 0 Å². The van der Waals surface area contributed by atoms with E-state index in [-0.39, 0.29) is 30.2 Å². The predicted octanol–water partition coefficient (Wildman–Crippen LogP) is 0.207. The zero-order valence-electron chi connectivity index (χ0n) is 14.9. The highest BCUT2D eigenvalue weighted by Gasteiger charge is 2.38. The summed E-state index contributed by atoms with van der Waals surface area (Å²) in [7, 11) is 2.05. The van der Waals surface area contributed by atoms with Crippen LogP contribution < -0.4 is 5.73 Å². The topological polar surface area (TPSA) is 84.5 Å². The van der Waals surface area contributed by atoms with Gasteiger partial charge in [-0.2, -0.15) is 5.10 Å². The highest BCUT2D eigenvalue weighted by molar-refractivity contribution is 5.88. The second-order valence-corrected chi connectivity index (χ2v) is 7.71. The van der Waals surface area contributed by atoms with Gasteiger partial charge in [0.2, 0.25) is 11.8 Å². The van der Waals surface area contributed by atoms with Crippen molar-refractivity contribution < 1.29 is 9.59 Å². The van der Waals surface area contributed by atoms with Crippen molar-refractivity contribution >= 4 is 11.8 Å². The van der Waals surface area contributed by atoms with Crippen LogP contribution in [0.1, 0.15) is 42.6 Å². The molecule has 4 rings (SSSR count). The molecule has 3 aliphatic rings. The van der Waals surface area contributed by atoms with E-state index >= 15 is 0 Å². The third-order valence-electron chi connectivity index (χ3n) is 6.13. The molecule has 2 amide bonds. The zero-order valence-corrected chi connectivity index (χ0v) is 14.9. The SMILES string of the molecule is Cn1nc2c(c1CN1CCC(N3CC(C(N)=O)CC3=O)CC1)CCC2. The normalized spacial score (nSPS) is 24.9. The highest BCUT2D eigenvalue weighted by atomic mass is 16.2. The molecule has 0 saturated carbocycles. The summed E-state index contributed by atoms with van der Waals surface area (Å²) >= 11 is 0. The van der Waals surface area contributed by atoms with E-state index in [9.17, 15) is 9.59 Å². The van der Waals surface area contributed by atoms with Gasteiger partial charge in [0.15, 0.2) is 0 Å². The number of nitrogens with zero attached hydrogens (tertiary/aromatic N) is 4. The molecule has 1 aliphatic carbocycles. The smallest absolute Gasteiger partial charge is 0.223 e. The number of nitrogens with two attached hydrogens (primary N) is 1. The zero-order chi connectivity index (χ0) is 17.6. The number of primary amides is 1. The van der Waals surface area contributed by atoms with Crippen LogP contribution >= 0.6 is 0 Å². The number of amides is 2. The van der Waals surface area contributed by atoms with Crippen LogP contribution in [0.4, 0.5) is 0 Å².